The van der Waals surface area contributed by atoms with Crippen LogP contribution in [0.4, 0.5) is 0 Å². The topological polar surface area (TPSA) is 95.4 Å². The van der Waals surface area contributed by atoms with Gasteiger partial charge in [-0.1, -0.05) is 18.2 Å². The Morgan fingerprint density at radius 2 is 2.28 bits per heavy atom. The maximum Gasteiger partial charge on any atom is 0.308 e. The lowest BCUT2D eigenvalue weighted by Gasteiger charge is -2.17. The van der Waals surface area contributed by atoms with Crippen LogP contribution in [0.1, 0.15) is 18.1 Å². The van der Waals surface area contributed by atoms with Crippen LogP contribution in [0.5, 0.6) is 0 Å². The second-order valence-corrected chi connectivity index (χ2v) is 3.97. The number of ether oxygens (including phenoxy) is 1. The molecule has 0 amide bonds. The summed E-state index contributed by atoms with van der Waals surface area (Å²) in [6, 6.07) is 5.26. The van der Waals surface area contributed by atoms with Gasteiger partial charge in [-0.25, -0.2) is 0 Å². The van der Waals surface area contributed by atoms with Gasteiger partial charge in [0.15, 0.2) is 0 Å². The molecule has 2 aromatic rings. The normalized spacial score (nSPS) is 14.4. The predicted octanol–water partition coefficient (Wildman–Crippen LogP) is 0.520. The maximum absolute atomic E-state index is 11.1. The molecule has 0 saturated carbocycles. The van der Waals surface area contributed by atoms with Crippen LogP contribution in [0.3, 0.4) is 0 Å². The minimum atomic E-state index is -1.22. The summed E-state index contributed by atoms with van der Waals surface area (Å²) >= 11 is 0. The van der Waals surface area contributed by atoms with Gasteiger partial charge in [-0.15, -0.1) is 0 Å². The van der Waals surface area contributed by atoms with Crippen molar-refractivity contribution < 1.29 is 19.7 Å². The molecule has 0 aliphatic heterocycles. The summed E-state index contributed by atoms with van der Waals surface area (Å²) in [7, 11) is 1.23. The van der Waals surface area contributed by atoms with Crippen LogP contribution in [0.15, 0.2) is 24.4 Å². The first-order valence-corrected chi connectivity index (χ1v) is 5.48. The van der Waals surface area contributed by atoms with Crippen molar-refractivity contribution in [2.75, 3.05) is 7.11 Å². The smallest absolute Gasteiger partial charge is 0.308 e. The van der Waals surface area contributed by atoms with E-state index < -0.39 is 18.2 Å². The molecule has 0 saturated heterocycles. The number of H-pyrrole nitrogens is 1. The number of aliphatic hydroxyl groups is 2. The minimum absolute atomic E-state index is 0.262. The van der Waals surface area contributed by atoms with E-state index >= 15 is 0 Å². The third-order valence-electron chi connectivity index (χ3n) is 2.80. The van der Waals surface area contributed by atoms with Gasteiger partial charge in [-0.05, 0) is 0 Å². The van der Waals surface area contributed by atoms with E-state index in [9.17, 15) is 15.0 Å². The summed E-state index contributed by atoms with van der Waals surface area (Å²) in [5.74, 6) is -0.571. The highest BCUT2D eigenvalue weighted by molar-refractivity contribution is 5.81. The Balaban J connectivity index is 2.25. The lowest BCUT2D eigenvalue weighted by molar-refractivity contribution is -0.144. The van der Waals surface area contributed by atoms with Crippen molar-refractivity contribution in [1.82, 2.24) is 10.2 Å². The SMILES string of the molecule is COC(=O)CC(O)C(O)c1cccc2cn[nH]c12. The Morgan fingerprint density at radius 1 is 1.50 bits per heavy atom. The lowest BCUT2D eigenvalue weighted by atomic mass is 10.00. The fourth-order valence-electron chi connectivity index (χ4n) is 1.81. The minimum Gasteiger partial charge on any atom is -0.469 e. The van der Waals surface area contributed by atoms with E-state index in [2.05, 4.69) is 14.9 Å². The molecule has 2 rings (SSSR count). The van der Waals surface area contributed by atoms with Crippen LogP contribution < -0.4 is 0 Å². The van der Waals surface area contributed by atoms with E-state index in [1.54, 1.807) is 18.3 Å². The molecule has 0 aliphatic rings. The Hall–Kier alpha value is -1.92. The molecule has 6 heteroatoms. The number of aliphatic hydroxyl groups excluding tert-OH is 2. The number of para-hydroxylation sites is 1. The summed E-state index contributed by atoms with van der Waals surface area (Å²) in [6.45, 7) is 0. The molecule has 18 heavy (non-hydrogen) atoms. The average molecular weight is 250 g/mol. The third kappa shape index (κ3) is 2.34. The standard InChI is InChI=1S/C12H14N2O4/c1-18-10(16)5-9(15)12(17)8-4-2-3-7-6-13-14-11(7)8/h2-4,6,9,12,15,17H,5H2,1H3,(H,13,14). The van der Waals surface area contributed by atoms with Crippen LogP contribution in [0.25, 0.3) is 10.9 Å². The molecular formula is C12H14N2O4. The number of carbonyl (C=O) groups is 1. The molecule has 0 aliphatic carbocycles. The molecule has 0 spiro atoms. The number of rotatable bonds is 4. The first-order chi connectivity index (χ1) is 8.63. The second kappa shape index (κ2) is 5.16. The van der Waals surface area contributed by atoms with Crippen LogP contribution in [-0.2, 0) is 9.53 Å². The van der Waals surface area contributed by atoms with Crippen LogP contribution in [0.2, 0.25) is 0 Å². The van der Waals surface area contributed by atoms with Gasteiger partial charge in [-0.3, -0.25) is 9.89 Å². The largest absolute Gasteiger partial charge is 0.469 e. The van der Waals surface area contributed by atoms with Gasteiger partial charge in [-0.2, -0.15) is 5.10 Å². The zero-order valence-electron chi connectivity index (χ0n) is 9.83. The van der Waals surface area contributed by atoms with Gasteiger partial charge in [0.2, 0.25) is 0 Å². The number of benzene rings is 1. The zero-order chi connectivity index (χ0) is 13.1. The zero-order valence-corrected chi connectivity index (χ0v) is 9.83. The molecule has 0 fully saturated rings. The summed E-state index contributed by atoms with van der Waals surface area (Å²) < 4.78 is 4.45. The van der Waals surface area contributed by atoms with Crippen molar-refractivity contribution in [3.05, 3.63) is 30.0 Å². The highest BCUT2D eigenvalue weighted by atomic mass is 16.5. The number of nitrogens with zero attached hydrogens (tertiary/aromatic N) is 1. The van der Waals surface area contributed by atoms with E-state index in [1.807, 2.05) is 6.07 Å². The Labute approximate surface area is 103 Å². The van der Waals surface area contributed by atoms with Crippen molar-refractivity contribution in [2.24, 2.45) is 0 Å². The van der Waals surface area contributed by atoms with Crippen molar-refractivity contribution in [3.8, 4) is 0 Å². The number of aromatic amines is 1. The van der Waals surface area contributed by atoms with Crippen LogP contribution in [-0.4, -0.2) is 39.6 Å². The first kappa shape index (κ1) is 12.5. The summed E-state index contributed by atoms with van der Waals surface area (Å²) in [5, 5.41) is 27.3. The average Bonchev–Trinajstić information content (AvgIpc) is 2.85. The number of fused-ring (bicyclic) bond motifs is 1. The van der Waals surface area contributed by atoms with Crippen molar-refractivity contribution in [2.45, 2.75) is 18.6 Å². The highest BCUT2D eigenvalue weighted by Crippen LogP contribution is 2.25. The molecule has 2 unspecified atom stereocenters. The van der Waals surface area contributed by atoms with Gasteiger partial charge in [0.25, 0.3) is 0 Å². The van der Waals surface area contributed by atoms with Gasteiger partial charge in [0.1, 0.15) is 6.10 Å². The molecular weight excluding hydrogens is 236 g/mol. The molecule has 1 aromatic carbocycles. The van der Waals surface area contributed by atoms with Gasteiger partial charge in [0.05, 0.1) is 31.3 Å². The Morgan fingerprint density at radius 3 is 3.00 bits per heavy atom. The van der Waals surface area contributed by atoms with Gasteiger partial charge >= 0.3 is 5.97 Å². The molecule has 0 radical (unpaired) electrons. The fraction of sp³-hybridized carbons (Fsp3) is 0.333. The van der Waals surface area contributed by atoms with E-state index in [-0.39, 0.29) is 6.42 Å². The number of hydrogen-bond donors (Lipinski definition) is 3. The number of methoxy groups -OCH3 is 1. The van der Waals surface area contributed by atoms with E-state index in [1.165, 1.54) is 7.11 Å². The van der Waals surface area contributed by atoms with Gasteiger partial charge < -0.3 is 14.9 Å². The summed E-state index contributed by atoms with van der Waals surface area (Å²) in [6.07, 6.45) is -1.03. The second-order valence-electron chi connectivity index (χ2n) is 3.97. The van der Waals surface area contributed by atoms with Crippen molar-refractivity contribution in [3.63, 3.8) is 0 Å². The Kier molecular flexibility index (Phi) is 3.59. The molecule has 3 N–H and O–H groups in total. The fourth-order valence-corrected chi connectivity index (χ4v) is 1.81. The molecule has 2 atom stereocenters. The molecule has 1 aromatic heterocycles. The lowest BCUT2D eigenvalue weighted by Crippen LogP contribution is -2.22. The highest BCUT2D eigenvalue weighted by Gasteiger charge is 2.23. The Bertz CT molecular complexity index is 552. The summed E-state index contributed by atoms with van der Waals surface area (Å²) in [4.78, 5) is 11.1. The number of carbonyl (C=O) groups excluding carboxylic acids is 1. The predicted molar refractivity (Wildman–Crippen MR) is 63.7 cm³/mol. The molecule has 1 heterocycles. The molecule has 0 bridgehead atoms. The number of esters is 1. The third-order valence-corrected chi connectivity index (χ3v) is 2.80. The monoisotopic (exact) mass is 250 g/mol. The number of nitrogens with one attached hydrogen (secondary N) is 1. The van der Waals surface area contributed by atoms with E-state index in [0.29, 0.717) is 11.1 Å². The van der Waals surface area contributed by atoms with Crippen molar-refractivity contribution >= 4 is 16.9 Å². The quantitative estimate of drug-likeness (QED) is 0.687. The number of aromatic nitrogens is 2. The van der Waals surface area contributed by atoms with Crippen molar-refractivity contribution in [1.29, 1.82) is 0 Å². The van der Waals surface area contributed by atoms with Crippen LogP contribution in [0, 0.1) is 0 Å². The molecule has 6 nitrogen and oxygen atoms in total. The van der Waals surface area contributed by atoms with Crippen LogP contribution >= 0.6 is 0 Å². The maximum atomic E-state index is 11.1. The first-order valence-electron chi connectivity index (χ1n) is 5.48. The van der Waals surface area contributed by atoms with Gasteiger partial charge in [0, 0.05) is 10.9 Å². The number of hydrogen-bond acceptors (Lipinski definition) is 5. The summed E-state index contributed by atoms with van der Waals surface area (Å²) in [5.41, 5.74) is 1.15. The van der Waals surface area contributed by atoms with E-state index in [0.717, 1.165) is 5.39 Å². The molecule has 96 valence electrons. The van der Waals surface area contributed by atoms with E-state index in [4.69, 9.17) is 0 Å².